The van der Waals surface area contributed by atoms with Crippen LogP contribution in [0.5, 0.6) is 0 Å². The average molecular weight is 301 g/mol. The third-order valence-corrected chi connectivity index (χ3v) is 4.85. The van der Waals surface area contributed by atoms with E-state index in [0.717, 1.165) is 31.5 Å². The number of nitrogens with two attached hydrogens (primary N) is 1. The van der Waals surface area contributed by atoms with E-state index in [0.29, 0.717) is 4.88 Å². The van der Waals surface area contributed by atoms with E-state index in [2.05, 4.69) is 35.4 Å². The van der Waals surface area contributed by atoms with E-state index < -0.39 is 0 Å². The van der Waals surface area contributed by atoms with Crippen molar-refractivity contribution in [1.29, 1.82) is 0 Å². The van der Waals surface area contributed by atoms with Crippen LogP contribution in [0.3, 0.4) is 0 Å². The van der Waals surface area contributed by atoms with E-state index in [4.69, 9.17) is 5.84 Å². The molecule has 0 bridgehead atoms. The quantitative estimate of drug-likeness (QED) is 0.520. The smallest absolute Gasteiger partial charge is 0.275 e. The number of rotatable bonds is 3. The van der Waals surface area contributed by atoms with Gasteiger partial charge in [-0.3, -0.25) is 10.2 Å². The van der Waals surface area contributed by atoms with Crippen molar-refractivity contribution < 1.29 is 4.79 Å². The fraction of sp³-hybridized carbons (Fsp3) is 0.312. The number of carbonyl (C=O) groups is 1. The van der Waals surface area contributed by atoms with E-state index >= 15 is 0 Å². The summed E-state index contributed by atoms with van der Waals surface area (Å²) in [6.07, 6.45) is 2.28. The van der Waals surface area contributed by atoms with Gasteiger partial charge < -0.3 is 4.90 Å². The lowest BCUT2D eigenvalue weighted by Gasteiger charge is -2.31. The molecule has 1 aromatic carbocycles. The van der Waals surface area contributed by atoms with Crippen LogP contribution in [-0.2, 0) is 13.0 Å². The predicted octanol–water partition coefficient (Wildman–Crippen LogP) is 2.61. The summed E-state index contributed by atoms with van der Waals surface area (Å²) in [4.78, 5) is 14.8. The van der Waals surface area contributed by atoms with Gasteiger partial charge in [0.15, 0.2) is 0 Å². The second-order valence-corrected chi connectivity index (χ2v) is 6.32. The molecule has 110 valence electrons. The number of hydrogen-bond acceptors (Lipinski definition) is 4. The zero-order valence-corrected chi connectivity index (χ0v) is 12.9. The van der Waals surface area contributed by atoms with Gasteiger partial charge in [-0.05, 0) is 48.4 Å². The second-order valence-electron chi connectivity index (χ2n) is 5.41. The Morgan fingerprint density at radius 3 is 3.10 bits per heavy atom. The van der Waals surface area contributed by atoms with Crippen LogP contribution in [0.1, 0.15) is 32.8 Å². The van der Waals surface area contributed by atoms with Crippen LogP contribution in [-0.4, -0.2) is 12.5 Å². The van der Waals surface area contributed by atoms with Crippen molar-refractivity contribution in [3.8, 4) is 0 Å². The fourth-order valence-corrected chi connectivity index (χ4v) is 3.72. The van der Waals surface area contributed by atoms with Crippen molar-refractivity contribution in [3.63, 3.8) is 0 Å². The summed E-state index contributed by atoms with van der Waals surface area (Å²) in [6.45, 7) is 3.90. The highest BCUT2D eigenvalue weighted by molar-refractivity contribution is 7.12. The van der Waals surface area contributed by atoms with E-state index in [9.17, 15) is 4.79 Å². The summed E-state index contributed by atoms with van der Waals surface area (Å²) in [5.41, 5.74) is 7.26. The molecule has 4 nitrogen and oxygen atoms in total. The first-order valence-electron chi connectivity index (χ1n) is 7.11. The van der Waals surface area contributed by atoms with Crippen LogP contribution in [0.25, 0.3) is 0 Å². The molecule has 3 rings (SSSR count). The largest absolute Gasteiger partial charge is 0.367 e. The molecule has 1 aliphatic heterocycles. The Bertz CT molecular complexity index is 665. The van der Waals surface area contributed by atoms with Crippen LogP contribution in [0.15, 0.2) is 29.6 Å². The van der Waals surface area contributed by atoms with E-state index in [1.54, 1.807) is 0 Å². The molecule has 3 N–H and O–H groups in total. The molecule has 1 aliphatic rings. The van der Waals surface area contributed by atoms with E-state index in [1.807, 2.05) is 11.4 Å². The minimum absolute atomic E-state index is 0.207. The van der Waals surface area contributed by atoms with Gasteiger partial charge in [0.1, 0.15) is 0 Å². The van der Waals surface area contributed by atoms with Gasteiger partial charge in [-0.1, -0.05) is 17.7 Å². The van der Waals surface area contributed by atoms with Gasteiger partial charge in [0.2, 0.25) is 0 Å². The van der Waals surface area contributed by atoms with Crippen LogP contribution in [0, 0.1) is 6.92 Å². The number of fused-ring (bicyclic) bond motifs is 1. The maximum absolute atomic E-state index is 11.8. The molecule has 21 heavy (non-hydrogen) atoms. The predicted molar refractivity (Wildman–Crippen MR) is 86.5 cm³/mol. The van der Waals surface area contributed by atoms with Crippen molar-refractivity contribution in [2.75, 3.05) is 11.4 Å². The zero-order chi connectivity index (χ0) is 14.8. The Balaban J connectivity index is 1.87. The maximum atomic E-state index is 11.8. The number of benzene rings is 1. The third kappa shape index (κ3) is 2.80. The van der Waals surface area contributed by atoms with Gasteiger partial charge in [-0.2, -0.15) is 0 Å². The number of nitrogen functional groups attached to an aromatic ring is 1. The second kappa shape index (κ2) is 5.87. The highest BCUT2D eigenvalue weighted by atomic mass is 32.1. The van der Waals surface area contributed by atoms with Gasteiger partial charge in [0.05, 0.1) is 4.88 Å². The highest BCUT2D eigenvalue weighted by Crippen LogP contribution is 2.30. The van der Waals surface area contributed by atoms with Crippen molar-refractivity contribution in [2.45, 2.75) is 26.3 Å². The standard InChI is InChI=1S/C16H19N3OS/c1-11-4-5-14-12(9-11)3-2-7-19(14)10-13-6-8-21-15(13)16(20)18-17/h4-6,8-9H,2-3,7,10,17H2,1H3,(H,18,20). The molecular weight excluding hydrogens is 282 g/mol. The van der Waals surface area contributed by atoms with Crippen molar-refractivity contribution in [2.24, 2.45) is 5.84 Å². The first-order valence-corrected chi connectivity index (χ1v) is 7.99. The molecule has 0 spiro atoms. The summed E-state index contributed by atoms with van der Waals surface area (Å²) >= 11 is 1.44. The van der Waals surface area contributed by atoms with Crippen molar-refractivity contribution in [1.82, 2.24) is 5.43 Å². The molecule has 2 heterocycles. The van der Waals surface area contributed by atoms with Crippen molar-refractivity contribution >= 4 is 22.9 Å². The Kier molecular flexibility index (Phi) is 3.94. The van der Waals surface area contributed by atoms with Crippen LogP contribution >= 0.6 is 11.3 Å². The maximum Gasteiger partial charge on any atom is 0.275 e. The lowest BCUT2D eigenvalue weighted by atomic mass is 9.99. The molecule has 2 aromatic rings. The van der Waals surface area contributed by atoms with Crippen LogP contribution < -0.4 is 16.2 Å². The van der Waals surface area contributed by atoms with Gasteiger partial charge in [0, 0.05) is 18.8 Å². The summed E-state index contributed by atoms with van der Waals surface area (Å²) in [7, 11) is 0. The summed E-state index contributed by atoms with van der Waals surface area (Å²) in [5.74, 6) is 5.04. The highest BCUT2D eigenvalue weighted by Gasteiger charge is 2.20. The molecule has 5 heteroatoms. The number of amides is 1. The number of thiophene rings is 1. The lowest BCUT2D eigenvalue weighted by molar-refractivity contribution is 0.0957. The summed E-state index contributed by atoms with van der Waals surface area (Å²) in [6, 6.07) is 8.62. The number of nitrogens with one attached hydrogen (secondary N) is 1. The van der Waals surface area contributed by atoms with Crippen LogP contribution in [0.4, 0.5) is 5.69 Å². The number of nitrogens with zero attached hydrogens (tertiary/aromatic N) is 1. The minimum Gasteiger partial charge on any atom is -0.367 e. The summed E-state index contributed by atoms with van der Waals surface area (Å²) in [5, 5.41) is 1.94. The molecule has 0 aliphatic carbocycles. The average Bonchev–Trinajstić information content (AvgIpc) is 2.94. The number of anilines is 1. The number of hydrogen-bond donors (Lipinski definition) is 2. The number of hydrazine groups is 1. The molecule has 1 amide bonds. The normalized spacial score (nSPS) is 13.9. The lowest BCUT2D eigenvalue weighted by Crippen LogP contribution is -2.32. The molecule has 0 radical (unpaired) electrons. The fourth-order valence-electron chi connectivity index (χ4n) is 2.90. The SMILES string of the molecule is Cc1ccc2c(c1)CCCN2Cc1ccsc1C(=O)NN. The molecular formula is C16H19N3OS. The molecule has 0 unspecified atom stereocenters. The van der Waals surface area contributed by atoms with E-state index in [-0.39, 0.29) is 5.91 Å². The van der Waals surface area contributed by atoms with Gasteiger partial charge in [0.25, 0.3) is 5.91 Å². The zero-order valence-electron chi connectivity index (χ0n) is 12.1. The molecule has 0 saturated carbocycles. The number of aryl methyl sites for hydroxylation is 2. The van der Waals surface area contributed by atoms with Gasteiger partial charge in [-0.25, -0.2) is 5.84 Å². The first kappa shape index (κ1) is 14.1. The Hall–Kier alpha value is -1.85. The first-order chi connectivity index (χ1) is 10.2. The van der Waals surface area contributed by atoms with Crippen molar-refractivity contribution in [3.05, 3.63) is 51.2 Å². The molecule has 0 saturated heterocycles. The molecule has 0 fully saturated rings. The topological polar surface area (TPSA) is 58.4 Å². The number of carbonyl (C=O) groups excluding carboxylic acids is 1. The monoisotopic (exact) mass is 301 g/mol. The molecule has 0 atom stereocenters. The van der Waals surface area contributed by atoms with Gasteiger partial charge in [-0.15, -0.1) is 11.3 Å². The Labute approximate surface area is 128 Å². The molecule has 1 aromatic heterocycles. The van der Waals surface area contributed by atoms with E-state index in [1.165, 1.54) is 28.2 Å². The third-order valence-electron chi connectivity index (χ3n) is 3.90. The van der Waals surface area contributed by atoms with Crippen LogP contribution in [0.2, 0.25) is 0 Å². The Morgan fingerprint density at radius 1 is 1.43 bits per heavy atom. The minimum atomic E-state index is -0.207. The van der Waals surface area contributed by atoms with Gasteiger partial charge >= 0.3 is 0 Å². The Morgan fingerprint density at radius 2 is 2.29 bits per heavy atom. The summed E-state index contributed by atoms with van der Waals surface area (Å²) < 4.78 is 0.